The molecule has 2 heterocycles. The van der Waals surface area contributed by atoms with Gasteiger partial charge in [0, 0.05) is 31.2 Å². The standard InChI is InChI=1S/C22H26N2O3/c1-15(2)19(24-10-9-16-5-3-4-6-18(16)13-24)12-23-22(25)17-7-8-20-21(11-17)27-14-26-20/h3-8,11,15,19H,9-10,12-14H2,1-2H3,(H,23,25)/t19-/m1/s1. The second-order valence-corrected chi connectivity index (χ2v) is 7.58. The van der Waals surface area contributed by atoms with Gasteiger partial charge in [0.2, 0.25) is 6.79 Å². The van der Waals surface area contributed by atoms with Crippen molar-refractivity contribution in [3.63, 3.8) is 0 Å². The monoisotopic (exact) mass is 366 g/mol. The van der Waals surface area contributed by atoms with Crippen molar-refractivity contribution in [1.82, 2.24) is 10.2 Å². The first-order valence-electron chi connectivity index (χ1n) is 9.60. The Morgan fingerprint density at radius 3 is 2.70 bits per heavy atom. The molecule has 4 rings (SSSR count). The van der Waals surface area contributed by atoms with E-state index >= 15 is 0 Å². The number of carbonyl (C=O) groups excluding carboxylic acids is 1. The maximum atomic E-state index is 12.6. The van der Waals surface area contributed by atoms with Crippen LogP contribution < -0.4 is 14.8 Å². The van der Waals surface area contributed by atoms with Gasteiger partial charge in [0.05, 0.1) is 0 Å². The lowest BCUT2D eigenvalue weighted by atomic mass is 9.95. The molecule has 0 fully saturated rings. The number of carbonyl (C=O) groups is 1. The summed E-state index contributed by atoms with van der Waals surface area (Å²) in [7, 11) is 0. The highest BCUT2D eigenvalue weighted by Gasteiger charge is 2.26. The zero-order valence-corrected chi connectivity index (χ0v) is 15.9. The van der Waals surface area contributed by atoms with Crippen molar-refractivity contribution >= 4 is 5.91 Å². The average molecular weight is 366 g/mol. The Balaban J connectivity index is 1.41. The van der Waals surface area contributed by atoms with E-state index in [-0.39, 0.29) is 12.7 Å². The molecule has 5 heteroatoms. The fourth-order valence-corrected chi connectivity index (χ4v) is 3.92. The largest absolute Gasteiger partial charge is 0.454 e. The second-order valence-electron chi connectivity index (χ2n) is 7.58. The summed E-state index contributed by atoms with van der Waals surface area (Å²) in [6, 6.07) is 14.3. The Morgan fingerprint density at radius 1 is 1.11 bits per heavy atom. The van der Waals surface area contributed by atoms with Gasteiger partial charge in [0.1, 0.15) is 0 Å². The molecule has 0 bridgehead atoms. The number of fused-ring (bicyclic) bond motifs is 2. The third-order valence-electron chi connectivity index (χ3n) is 5.51. The molecule has 0 unspecified atom stereocenters. The van der Waals surface area contributed by atoms with Crippen LogP contribution in [0, 0.1) is 5.92 Å². The summed E-state index contributed by atoms with van der Waals surface area (Å²) in [5, 5.41) is 3.12. The van der Waals surface area contributed by atoms with Crippen LogP contribution in [0.1, 0.15) is 35.3 Å². The van der Waals surface area contributed by atoms with E-state index in [1.807, 2.05) is 0 Å². The molecule has 0 aromatic heterocycles. The molecule has 0 aliphatic carbocycles. The third-order valence-corrected chi connectivity index (χ3v) is 5.51. The SMILES string of the molecule is CC(C)[C@@H](CNC(=O)c1ccc2c(c1)OCO2)N1CCc2ccccc2C1. The molecule has 142 valence electrons. The lowest BCUT2D eigenvalue weighted by Crippen LogP contribution is -2.48. The number of hydrogen-bond donors (Lipinski definition) is 1. The second kappa shape index (κ2) is 7.61. The Hall–Kier alpha value is -2.53. The predicted octanol–water partition coefficient (Wildman–Crippen LogP) is 3.23. The van der Waals surface area contributed by atoms with E-state index in [1.54, 1.807) is 18.2 Å². The van der Waals surface area contributed by atoms with Crippen molar-refractivity contribution in [3.8, 4) is 11.5 Å². The van der Waals surface area contributed by atoms with Crippen molar-refractivity contribution < 1.29 is 14.3 Å². The van der Waals surface area contributed by atoms with Crippen LogP contribution in [0.4, 0.5) is 0 Å². The molecular weight excluding hydrogens is 340 g/mol. The summed E-state index contributed by atoms with van der Waals surface area (Å²) < 4.78 is 10.7. The Bertz CT molecular complexity index is 834. The number of nitrogens with one attached hydrogen (secondary N) is 1. The quantitative estimate of drug-likeness (QED) is 0.883. The predicted molar refractivity (Wildman–Crippen MR) is 104 cm³/mol. The van der Waals surface area contributed by atoms with Crippen LogP contribution in [0.15, 0.2) is 42.5 Å². The first-order chi connectivity index (χ1) is 13.1. The van der Waals surface area contributed by atoms with Gasteiger partial charge in [-0.25, -0.2) is 0 Å². The molecule has 1 N–H and O–H groups in total. The van der Waals surface area contributed by atoms with Gasteiger partial charge in [-0.05, 0) is 41.7 Å². The molecule has 0 saturated heterocycles. The first kappa shape index (κ1) is 17.9. The number of benzene rings is 2. The van der Waals surface area contributed by atoms with Crippen LogP contribution in [-0.2, 0) is 13.0 Å². The van der Waals surface area contributed by atoms with Crippen molar-refractivity contribution in [3.05, 3.63) is 59.2 Å². The highest BCUT2D eigenvalue weighted by atomic mass is 16.7. The van der Waals surface area contributed by atoms with E-state index in [9.17, 15) is 4.79 Å². The maximum Gasteiger partial charge on any atom is 0.251 e. The molecule has 2 aromatic carbocycles. The Kier molecular flexibility index (Phi) is 5.03. The topological polar surface area (TPSA) is 50.8 Å². The molecular formula is C22H26N2O3. The molecule has 1 atom stereocenters. The minimum Gasteiger partial charge on any atom is -0.454 e. The van der Waals surface area contributed by atoms with Crippen molar-refractivity contribution in [2.75, 3.05) is 19.9 Å². The lowest BCUT2D eigenvalue weighted by molar-refractivity contribution is 0.0903. The highest BCUT2D eigenvalue weighted by Crippen LogP contribution is 2.32. The van der Waals surface area contributed by atoms with Crippen LogP contribution in [0.3, 0.4) is 0 Å². The molecule has 2 aliphatic rings. The lowest BCUT2D eigenvalue weighted by Gasteiger charge is -2.38. The molecule has 27 heavy (non-hydrogen) atoms. The normalized spacial score (nSPS) is 16.9. The minimum atomic E-state index is -0.0728. The van der Waals surface area contributed by atoms with Crippen molar-refractivity contribution in [2.24, 2.45) is 5.92 Å². The van der Waals surface area contributed by atoms with Gasteiger partial charge < -0.3 is 14.8 Å². The summed E-state index contributed by atoms with van der Waals surface area (Å²) in [4.78, 5) is 15.1. The number of hydrogen-bond acceptors (Lipinski definition) is 4. The van der Waals surface area contributed by atoms with Crippen LogP contribution in [0.25, 0.3) is 0 Å². The smallest absolute Gasteiger partial charge is 0.251 e. The third kappa shape index (κ3) is 3.78. The number of nitrogens with zero attached hydrogens (tertiary/aromatic N) is 1. The van der Waals surface area contributed by atoms with E-state index in [0.29, 0.717) is 35.6 Å². The van der Waals surface area contributed by atoms with Gasteiger partial charge in [-0.3, -0.25) is 9.69 Å². The molecule has 5 nitrogen and oxygen atoms in total. The zero-order valence-electron chi connectivity index (χ0n) is 15.9. The van der Waals surface area contributed by atoms with E-state index in [4.69, 9.17) is 9.47 Å². The molecule has 0 radical (unpaired) electrons. The fourth-order valence-electron chi connectivity index (χ4n) is 3.92. The summed E-state index contributed by atoms with van der Waals surface area (Å²) >= 11 is 0. The van der Waals surface area contributed by atoms with Gasteiger partial charge >= 0.3 is 0 Å². The fraction of sp³-hybridized carbons (Fsp3) is 0.409. The summed E-state index contributed by atoms with van der Waals surface area (Å²) in [6.45, 7) is 7.26. The van der Waals surface area contributed by atoms with Gasteiger partial charge in [-0.2, -0.15) is 0 Å². The number of amides is 1. The van der Waals surface area contributed by atoms with Gasteiger partial charge in [0.25, 0.3) is 5.91 Å². The van der Waals surface area contributed by atoms with Gasteiger partial charge in [-0.1, -0.05) is 38.1 Å². The highest BCUT2D eigenvalue weighted by molar-refractivity contribution is 5.94. The van der Waals surface area contributed by atoms with Crippen molar-refractivity contribution in [1.29, 1.82) is 0 Å². The Morgan fingerprint density at radius 2 is 1.89 bits per heavy atom. The number of rotatable bonds is 5. The van der Waals surface area contributed by atoms with Crippen molar-refractivity contribution in [2.45, 2.75) is 32.9 Å². The number of ether oxygens (including phenoxy) is 2. The van der Waals surface area contributed by atoms with Crippen LogP contribution in [-0.4, -0.2) is 36.7 Å². The van der Waals surface area contributed by atoms with Gasteiger partial charge in [-0.15, -0.1) is 0 Å². The average Bonchev–Trinajstić information content (AvgIpc) is 3.15. The molecule has 0 saturated carbocycles. The molecule has 2 aliphatic heterocycles. The molecule has 1 amide bonds. The summed E-state index contributed by atoms with van der Waals surface area (Å²) in [5.41, 5.74) is 3.45. The minimum absolute atomic E-state index is 0.0728. The van der Waals surface area contributed by atoms with E-state index < -0.39 is 0 Å². The first-order valence-corrected chi connectivity index (χ1v) is 9.60. The zero-order chi connectivity index (χ0) is 18.8. The van der Waals surface area contributed by atoms with Crippen LogP contribution in [0.5, 0.6) is 11.5 Å². The van der Waals surface area contributed by atoms with Crippen LogP contribution in [0.2, 0.25) is 0 Å². The summed E-state index contributed by atoms with van der Waals surface area (Å²) in [6.07, 6.45) is 1.06. The van der Waals surface area contributed by atoms with Crippen LogP contribution >= 0.6 is 0 Å². The van der Waals surface area contributed by atoms with E-state index in [0.717, 1.165) is 19.5 Å². The summed E-state index contributed by atoms with van der Waals surface area (Å²) in [5.74, 6) is 1.71. The molecule has 2 aromatic rings. The Labute approximate surface area is 160 Å². The van der Waals surface area contributed by atoms with E-state index in [1.165, 1.54) is 11.1 Å². The van der Waals surface area contributed by atoms with E-state index in [2.05, 4.69) is 48.3 Å². The molecule has 0 spiro atoms. The maximum absolute atomic E-state index is 12.6. The van der Waals surface area contributed by atoms with Gasteiger partial charge in [0.15, 0.2) is 11.5 Å².